The molecule has 0 aliphatic carbocycles. The summed E-state index contributed by atoms with van der Waals surface area (Å²) in [5, 5.41) is 12.5. The van der Waals surface area contributed by atoms with E-state index >= 15 is 0 Å². The normalized spacial score (nSPS) is 12.4. The Kier molecular flexibility index (Phi) is 5.51. The molecule has 54 heavy (non-hydrogen) atoms. The summed E-state index contributed by atoms with van der Waals surface area (Å²) < 4.78 is 11.5. The predicted molar refractivity (Wildman–Crippen MR) is 230 cm³/mol. The Labute approximate surface area is 312 Å². The van der Waals surface area contributed by atoms with Crippen LogP contribution in [0.2, 0.25) is 0 Å². The Hall–Kier alpha value is -6.88. The first-order valence-corrected chi connectivity index (χ1v) is 19.2. The van der Waals surface area contributed by atoms with Gasteiger partial charge in [0, 0.05) is 74.6 Å². The van der Waals surface area contributed by atoms with Crippen LogP contribution in [-0.4, -0.2) is 9.55 Å². The van der Waals surface area contributed by atoms with E-state index in [4.69, 9.17) is 4.42 Å². The van der Waals surface area contributed by atoms with E-state index < -0.39 is 0 Å². The SMILES string of the molecule is c1ccc(-c2ccc(-n3c4ccccc4c4ccc(-c5ccc6c(c5)sc5cc7[nH]c8cc9c%10ccccc%10oc9c9ccc(c56)c7c89)cc43)cc2)cc1. The van der Waals surface area contributed by atoms with Gasteiger partial charge in [-0.1, -0.05) is 109 Å². The Morgan fingerprint density at radius 1 is 0.407 bits per heavy atom. The first-order chi connectivity index (χ1) is 26.7. The smallest absolute Gasteiger partial charge is 0.143 e. The molecule has 0 aliphatic rings. The number of para-hydroxylation sites is 2. The second-order valence-corrected chi connectivity index (χ2v) is 15.6. The number of aromatic nitrogens is 2. The molecule has 4 heteroatoms. The van der Waals surface area contributed by atoms with Crippen LogP contribution in [0, 0.1) is 0 Å². The number of thiophene rings is 1. The van der Waals surface area contributed by atoms with Gasteiger partial charge in [-0.25, -0.2) is 0 Å². The van der Waals surface area contributed by atoms with Gasteiger partial charge in [0.25, 0.3) is 0 Å². The van der Waals surface area contributed by atoms with Crippen molar-refractivity contribution in [3.8, 4) is 27.9 Å². The minimum Gasteiger partial charge on any atom is -0.455 e. The molecular weight excluding hydrogens is 677 g/mol. The third-order valence-electron chi connectivity index (χ3n) is 11.7. The standard InChI is InChI=1S/C50H28N2OS/c1-2-8-28(9-3-1)29-14-18-32(19-15-29)52-42-12-6-4-10-33(42)34-20-16-30(24-43(34)52)31-17-21-36-45(25-31)54-46-27-41-48-37(47(36)46)22-23-38-49(48)40(51-41)26-39-35-11-5-7-13-44(35)53-50(38)39/h1-27,51H. The van der Waals surface area contributed by atoms with Gasteiger partial charge < -0.3 is 14.0 Å². The number of fused-ring (bicyclic) bond motifs is 11. The van der Waals surface area contributed by atoms with Gasteiger partial charge in [0.05, 0.1) is 11.0 Å². The molecule has 0 aliphatic heterocycles. The summed E-state index contributed by atoms with van der Waals surface area (Å²) in [6.07, 6.45) is 0. The molecule has 4 aromatic heterocycles. The summed E-state index contributed by atoms with van der Waals surface area (Å²) >= 11 is 1.88. The van der Waals surface area contributed by atoms with Crippen LogP contribution in [0.25, 0.3) is 124 Å². The van der Waals surface area contributed by atoms with E-state index in [1.807, 2.05) is 17.4 Å². The minimum absolute atomic E-state index is 0.931. The fraction of sp³-hybridized carbons (Fsp3) is 0. The third kappa shape index (κ3) is 3.80. The number of benzene rings is 9. The van der Waals surface area contributed by atoms with E-state index in [-0.39, 0.29) is 0 Å². The molecule has 0 bridgehead atoms. The molecule has 0 unspecified atom stereocenters. The van der Waals surface area contributed by atoms with Crippen LogP contribution in [0.5, 0.6) is 0 Å². The van der Waals surface area contributed by atoms with Crippen molar-refractivity contribution in [2.45, 2.75) is 0 Å². The van der Waals surface area contributed by atoms with E-state index in [2.05, 4.69) is 167 Å². The number of hydrogen-bond donors (Lipinski definition) is 1. The summed E-state index contributed by atoms with van der Waals surface area (Å²) in [5.41, 5.74) is 12.7. The zero-order chi connectivity index (χ0) is 35.1. The highest BCUT2D eigenvalue weighted by Gasteiger charge is 2.21. The first-order valence-electron chi connectivity index (χ1n) is 18.4. The fourth-order valence-electron chi connectivity index (χ4n) is 9.27. The zero-order valence-electron chi connectivity index (χ0n) is 28.9. The third-order valence-corrected chi connectivity index (χ3v) is 12.8. The molecule has 0 radical (unpaired) electrons. The molecule has 9 aromatic carbocycles. The number of nitrogens with one attached hydrogen (secondary N) is 1. The summed E-state index contributed by atoms with van der Waals surface area (Å²) in [7, 11) is 0. The maximum atomic E-state index is 6.46. The van der Waals surface area contributed by atoms with Crippen LogP contribution >= 0.6 is 11.3 Å². The van der Waals surface area contributed by atoms with Gasteiger partial charge in [-0.05, 0) is 82.2 Å². The van der Waals surface area contributed by atoms with E-state index in [1.165, 1.54) is 91.3 Å². The summed E-state index contributed by atoms with van der Waals surface area (Å²) in [5.74, 6) is 0. The maximum absolute atomic E-state index is 6.46. The van der Waals surface area contributed by atoms with Crippen molar-refractivity contribution >= 4 is 108 Å². The molecule has 250 valence electrons. The van der Waals surface area contributed by atoms with Gasteiger partial charge in [-0.3, -0.25) is 0 Å². The van der Waals surface area contributed by atoms with Crippen LogP contribution in [0.1, 0.15) is 0 Å². The number of H-pyrrole nitrogens is 1. The summed E-state index contributed by atoms with van der Waals surface area (Å²) in [6.45, 7) is 0. The lowest BCUT2D eigenvalue weighted by Crippen LogP contribution is -1.94. The first kappa shape index (κ1) is 28.7. The van der Waals surface area contributed by atoms with E-state index in [0.717, 1.165) is 33.1 Å². The Bertz CT molecular complexity index is 3650. The summed E-state index contributed by atoms with van der Waals surface area (Å²) in [4.78, 5) is 3.80. The highest BCUT2D eigenvalue weighted by molar-refractivity contribution is 7.26. The molecule has 3 nitrogen and oxygen atoms in total. The van der Waals surface area contributed by atoms with Crippen LogP contribution in [0.15, 0.2) is 168 Å². The number of nitrogens with zero attached hydrogens (tertiary/aromatic N) is 1. The monoisotopic (exact) mass is 704 g/mol. The molecule has 1 N–H and O–H groups in total. The highest BCUT2D eigenvalue weighted by Crippen LogP contribution is 2.47. The van der Waals surface area contributed by atoms with Gasteiger partial charge in [0.15, 0.2) is 0 Å². The number of rotatable bonds is 3. The molecule has 13 aromatic rings. The second kappa shape index (κ2) is 10.4. The number of hydrogen-bond acceptors (Lipinski definition) is 2. The van der Waals surface area contributed by atoms with Crippen molar-refractivity contribution in [1.29, 1.82) is 0 Å². The van der Waals surface area contributed by atoms with Crippen LogP contribution in [0.3, 0.4) is 0 Å². The lowest BCUT2D eigenvalue weighted by atomic mass is 9.96. The highest BCUT2D eigenvalue weighted by atomic mass is 32.1. The van der Waals surface area contributed by atoms with Crippen molar-refractivity contribution in [3.63, 3.8) is 0 Å². The molecular formula is C50H28N2OS. The van der Waals surface area contributed by atoms with Crippen molar-refractivity contribution in [2.24, 2.45) is 0 Å². The van der Waals surface area contributed by atoms with Gasteiger partial charge in [-0.2, -0.15) is 0 Å². The van der Waals surface area contributed by atoms with Crippen LogP contribution in [-0.2, 0) is 0 Å². The summed E-state index contributed by atoms with van der Waals surface area (Å²) in [6, 6.07) is 59.8. The average molecular weight is 705 g/mol. The molecule has 0 spiro atoms. The molecule has 0 saturated carbocycles. The van der Waals surface area contributed by atoms with Gasteiger partial charge in [-0.15, -0.1) is 11.3 Å². The molecule has 0 atom stereocenters. The second-order valence-electron chi connectivity index (χ2n) is 14.5. The molecule has 0 saturated heterocycles. The van der Waals surface area contributed by atoms with Crippen molar-refractivity contribution in [1.82, 2.24) is 9.55 Å². The average Bonchev–Trinajstić information content (AvgIpc) is 3.98. The molecule has 0 amide bonds. The topological polar surface area (TPSA) is 33.9 Å². The van der Waals surface area contributed by atoms with Crippen molar-refractivity contribution in [3.05, 3.63) is 164 Å². The van der Waals surface area contributed by atoms with Gasteiger partial charge >= 0.3 is 0 Å². The molecule has 4 heterocycles. The number of furan rings is 1. The maximum Gasteiger partial charge on any atom is 0.143 e. The number of aromatic amines is 1. The van der Waals surface area contributed by atoms with E-state index in [9.17, 15) is 0 Å². The van der Waals surface area contributed by atoms with E-state index in [1.54, 1.807) is 0 Å². The molecule has 0 fully saturated rings. The fourth-order valence-corrected chi connectivity index (χ4v) is 10.5. The van der Waals surface area contributed by atoms with E-state index in [0.29, 0.717) is 0 Å². The molecule has 13 rings (SSSR count). The predicted octanol–water partition coefficient (Wildman–Crippen LogP) is 14.6. The minimum atomic E-state index is 0.931. The Morgan fingerprint density at radius 2 is 1.06 bits per heavy atom. The lowest BCUT2D eigenvalue weighted by Gasteiger charge is -2.10. The van der Waals surface area contributed by atoms with Crippen LogP contribution < -0.4 is 0 Å². The van der Waals surface area contributed by atoms with Gasteiger partial charge in [0.1, 0.15) is 11.2 Å². The largest absolute Gasteiger partial charge is 0.455 e. The van der Waals surface area contributed by atoms with Gasteiger partial charge in [0.2, 0.25) is 0 Å². The Balaban J connectivity index is 0.975. The lowest BCUT2D eigenvalue weighted by molar-refractivity contribution is 0.673. The van der Waals surface area contributed by atoms with Crippen molar-refractivity contribution < 1.29 is 4.42 Å². The zero-order valence-corrected chi connectivity index (χ0v) is 29.7. The quantitative estimate of drug-likeness (QED) is 0.183. The van der Waals surface area contributed by atoms with Crippen LogP contribution in [0.4, 0.5) is 0 Å². The van der Waals surface area contributed by atoms with Crippen molar-refractivity contribution in [2.75, 3.05) is 0 Å². The Morgan fingerprint density at radius 3 is 1.94 bits per heavy atom.